The maximum atomic E-state index is 11.5. The Balaban J connectivity index is 2.20. The van der Waals surface area contributed by atoms with Crippen LogP contribution in [0, 0.1) is 0 Å². The molecule has 2 aliphatic rings. The van der Waals surface area contributed by atoms with Gasteiger partial charge in [-0.05, 0) is 30.6 Å². The van der Waals surface area contributed by atoms with Crippen LogP contribution in [0.4, 0.5) is 0 Å². The molecule has 1 atom stereocenters. The number of aliphatic imine (C=N–C) groups is 1. The van der Waals surface area contributed by atoms with Gasteiger partial charge in [0.1, 0.15) is 11.9 Å². The van der Waals surface area contributed by atoms with E-state index in [9.17, 15) is 4.79 Å². The highest BCUT2D eigenvalue weighted by Crippen LogP contribution is 2.27. The third kappa shape index (κ3) is 1.37. The number of ether oxygens (including phenoxy) is 1. The molecule has 1 unspecified atom stereocenters. The van der Waals surface area contributed by atoms with Crippen LogP contribution < -0.4 is 0 Å². The second-order valence-corrected chi connectivity index (χ2v) is 4.04. The van der Waals surface area contributed by atoms with Gasteiger partial charge < -0.3 is 4.74 Å². The molecular formula is C9H11N2O2S+. The Morgan fingerprint density at radius 2 is 2.57 bits per heavy atom. The van der Waals surface area contributed by atoms with Crippen molar-refractivity contribution in [2.24, 2.45) is 4.99 Å². The predicted octanol–water partition coefficient (Wildman–Crippen LogP) is 0.979. The number of fused-ring (bicyclic) bond motifs is 1. The number of hydrogen-bond acceptors (Lipinski definition) is 4. The van der Waals surface area contributed by atoms with Gasteiger partial charge in [-0.25, -0.2) is 0 Å². The first kappa shape index (κ1) is 9.45. The molecule has 0 bridgehead atoms. The lowest BCUT2D eigenvalue weighted by molar-refractivity contribution is -0.312. The second kappa shape index (κ2) is 3.57. The SMILES string of the molecule is CCOC(=O)C1SC2=NC=C[N+]2=C1C. The highest BCUT2D eigenvalue weighted by atomic mass is 32.2. The third-order valence-corrected chi connectivity index (χ3v) is 3.37. The fourth-order valence-electron chi connectivity index (χ4n) is 1.40. The van der Waals surface area contributed by atoms with Crippen LogP contribution in [0.1, 0.15) is 13.8 Å². The Hall–Kier alpha value is -1.10. The summed E-state index contributed by atoms with van der Waals surface area (Å²) in [5.41, 5.74) is 0.973. The van der Waals surface area contributed by atoms with Gasteiger partial charge in [0, 0.05) is 0 Å². The lowest BCUT2D eigenvalue weighted by atomic mass is 10.3. The Labute approximate surface area is 86.4 Å². The molecule has 0 spiro atoms. The van der Waals surface area contributed by atoms with Crippen molar-refractivity contribution in [2.75, 3.05) is 6.61 Å². The van der Waals surface area contributed by atoms with E-state index in [1.165, 1.54) is 11.8 Å². The smallest absolute Gasteiger partial charge is 0.365 e. The summed E-state index contributed by atoms with van der Waals surface area (Å²) in [4.78, 5) is 15.7. The highest BCUT2D eigenvalue weighted by Gasteiger charge is 2.41. The van der Waals surface area contributed by atoms with Crippen molar-refractivity contribution in [1.29, 1.82) is 0 Å². The van der Waals surface area contributed by atoms with Crippen LogP contribution in [0.25, 0.3) is 0 Å². The number of hydrogen-bond donors (Lipinski definition) is 0. The summed E-state index contributed by atoms with van der Waals surface area (Å²) in [6.07, 6.45) is 3.59. The van der Waals surface area contributed by atoms with Crippen LogP contribution in [-0.2, 0) is 9.53 Å². The molecule has 14 heavy (non-hydrogen) atoms. The van der Waals surface area contributed by atoms with Gasteiger partial charge in [-0.2, -0.15) is 4.58 Å². The minimum Gasteiger partial charge on any atom is -0.465 e. The van der Waals surface area contributed by atoms with E-state index in [0.29, 0.717) is 6.61 Å². The van der Waals surface area contributed by atoms with Gasteiger partial charge >= 0.3 is 11.1 Å². The van der Waals surface area contributed by atoms with Crippen molar-refractivity contribution < 1.29 is 14.1 Å². The Kier molecular flexibility index (Phi) is 2.41. The van der Waals surface area contributed by atoms with E-state index in [1.54, 1.807) is 6.20 Å². The van der Waals surface area contributed by atoms with Gasteiger partial charge in [-0.1, -0.05) is 0 Å². The Morgan fingerprint density at radius 1 is 1.79 bits per heavy atom. The summed E-state index contributed by atoms with van der Waals surface area (Å²) in [7, 11) is 0. The van der Waals surface area contributed by atoms with E-state index < -0.39 is 0 Å². The minimum absolute atomic E-state index is 0.180. The Bertz CT molecular complexity index is 371. The molecule has 0 amide bonds. The maximum Gasteiger partial charge on any atom is 0.365 e. The van der Waals surface area contributed by atoms with Crippen molar-refractivity contribution in [3.63, 3.8) is 0 Å². The molecule has 0 N–H and O–H groups in total. The van der Waals surface area contributed by atoms with E-state index in [1.807, 2.05) is 24.6 Å². The molecular weight excluding hydrogens is 200 g/mol. The number of nitrogens with zero attached hydrogens (tertiary/aromatic N) is 2. The molecule has 0 aromatic carbocycles. The average Bonchev–Trinajstić information content (AvgIpc) is 2.69. The van der Waals surface area contributed by atoms with Gasteiger partial charge in [0.05, 0.1) is 6.61 Å². The van der Waals surface area contributed by atoms with Gasteiger partial charge in [0.2, 0.25) is 0 Å². The molecule has 2 aliphatic heterocycles. The standard InChI is InChI=1S/C9H11N2O2S/c1-3-13-8(12)7-6(2)11-5-4-10-9(11)14-7/h4-5,7H,3H2,1-2H3/q+1. The number of esters is 1. The fraction of sp³-hybridized carbons (Fsp3) is 0.444. The number of carbonyl (C=O) groups is 1. The van der Waals surface area contributed by atoms with E-state index in [2.05, 4.69) is 4.99 Å². The largest absolute Gasteiger partial charge is 0.465 e. The second-order valence-electron chi connectivity index (χ2n) is 2.97. The highest BCUT2D eigenvalue weighted by molar-refractivity contribution is 8.15. The van der Waals surface area contributed by atoms with Crippen molar-refractivity contribution in [3.05, 3.63) is 12.4 Å². The molecule has 0 aliphatic carbocycles. The van der Waals surface area contributed by atoms with E-state index >= 15 is 0 Å². The van der Waals surface area contributed by atoms with Gasteiger partial charge in [-0.15, -0.1) is 0 Å². The average molecular weight is 211 g/mol. The molecule has 0 aromatic heterocycles. The molecule has 0 saturated heterocycles. The topological polar surface area (TPSA) is 41.7 Å². The molecule has 74 valence electrons. The first-order chi connectivity index (χ1) is 6.74. The Morgan fingerprint density at radius 3 is 3.21 bits per heavy atom. The van der Waals surface area contributed by atoms with Crippen molar-refractivity contribution >= 4 is 28.6 Å². The van der Waals surface area contributed by atoms with Gasteiger partial charge in [-0.3, -0.25) is 4.79 Å². The third-order valence-electron chi connectivity index (χ3n) is 2.09. The van der Waals surface area contributed by atoms with E-state index in [0.717, 1.165) is 10.9 Å². The zero-order valence-corrected chi connectivity index (χ0v) is 8.87. The molecule has 2 heterocycles. The van der Waals surface area contributed by atoms with Crippen LogP contribution in [-0.4, -0.2) is 33.3 Å². The molecule has 0 saturated carbocycles. The minimum atomic E-state index is -0.223. The van der Waals surface area contributed by atoms with Crippen molar-refractivity contribution in [1.82, 2.24) is 0 Å². The zero-order chi connectivity index (χ0) is 10.1. The first-order valence-corrected chi connectivity index (χ1v) is 5.32. The van der Waals surface area contributed by atoms with Crippen molar-refractivity contribution in [2.45, 2.75) is 19.1 Å². The quantitative estimate of drug-likeness (QED) is 0.505. The number of carbonyl (C=O) groups excluding carboxylic acids is 1. The van der Waals surface area contributed by atoms with Crippen LogP contribution in [0.15, 0.2) is 17.4 Å². The summed E-state index contributed by atoms with van der Waals surface area (Å²) >= 11 is 1.44. The van der Waals surface area contributed by atoms with Crippen molar-refractivity contribution in [3.8, 4) is 0 Å². The van der Waals surface area contributed by atoms with Crippen LogP contribution in [0.2, 0.25) is 0 Å². The van der Waals surface area contributed by atoms with Gasteiger partial charge in [0.15, 0.2) is 11.4 Å². The molecule has 5 heteroatoms. The van der Waals surface area contributed by atoms with Crippen LogP contribution in [0.5, 0.6) is 0 Å². The molecule has 0 radical (unpaired) electrons. The lowest BCUT2D eigenvalue weighted by Crippen LogP contribution is -2.26. The fourth-order valence-corrected chi connectivity index (χ4v) is 2.50. The zero-order valence-electron chi connectivity index (χ0n) is 8.06. The summed E-state index contributed by atoms with van der Waals surface area (Å²) in [6.45, 7) is 4.16. The van der Waals surface area contributed by atoms with Crippen LogP contribution >= 0.6 is 11.8 Å². The summed E-state index contributed by atoms with van der Waals surface area (Å²) in [5.74, 6) is -0.180. The number of rotatable bonds is 2. The van der Waals surface area contributed by atoms with E-state index in [4.69, 9.17) is 4.74 Å². The van der Waals surface area contributed by atoms with Gasteiger partial charge in [0.25, 0.3) is 0 Å². The lowest BCUT2D eigenvalue weighted by Gasteiger charge is -2.05. The normalized spacial score (nSPS) is 23.9. The molecule has 0 aromatic rings. The summed E-state index contributed by atoms with van der Waals surface area (Å²) in [5, 5.41) is 0.638. The summed E-state index contributed by atoms with van der Waals surface area (Å²) < 4.78 is 6.90. The van der Waals surface area contributed by atoms with E-state index in [-0.39, 0.29) is 11.2 Å². The molecule has 0 fully saturated rings. The maximum absolute atomic E-state index is 11.5. The number of thioether (sulfide) groups is 1. The molecule has 4 nitrogen and oxygen atoms in total. The summed E-state index contributed by atoms with van der Waals surface area (Å²) in [6, 6.07) is 0. The predicted molar refractivity (Wildman–Crippen MR) is 55.5 cm³/mol. The number of amidine groups is 1. The van der Waals surface area contributed by atoms with Crippen LogP contribution in [0.3, 0.4) is 0 Å². The molecule has 2 rings (SSSR count). The monoisotopic (exact) mass is 211 g/mol. The first-order valence-electron chi connectivity index (χ1n) is 4.44.